The molecule has 3 N–H and O–H groups in total. The summed E-state index contributed by atoms with van der Waals surface area (Å²) in [5, 5.41) is 28.3. The summed E-state index contributed by atoms with van der Waals surface area (Å²) in [4.78, 5) is 11.7. The maximum atomic E-state index is 11.7. The van der Waals surface area contributed by atoms with E-state index in [0.717, 1.165) is 19.3 Å². The van der Waals surface area contributed by atoms with Crippen molar-refractivity contribution >= 4 is 5.97 Å². The lowest BCUT2D eigenvalue weighted by atomic mass is 10.0. The van der Waals surface area contributed by atoms with Gasteiger partial charge in [0.15, 0.2) is 11.9 Å². The van der Waals surface area contributed by atoms with Gasteiger partial charge in [0.2, 0.25) is 5.76 Å². The lowest BCUT2D eigenvalue weighted by Crippen LogP contribution is -2.31. The van der Waals surface area contributed by atoms with Crippen LogP contribution >= 0.6 is 0 Å². The molecule has 0 aliphatic carbocycles. The predicted octanol–water partition coefficient (Wildman–Crippen LogP) is 5.31. The van der Waals surface area contributed by atoms with Crippen molar-refractivity contribution in [1.29, 1.82) is 0 Å². The third-order valence-corrected chi connectivity index (χ3v) is 5.70. The van der Waals surface area contributed by atoms with Crippen molar-refractivity contribution in [2.24, 2.45) is 0 Å². The first-order valence-electron chi connectivity index (χ1n) is 12.2. The summed E-state index contributed by atoms with van der Waals surface area (Å²) in [6.07, 6.45) is 18.0. The lowest BCUT2D eigenvalue weighted by molar-refractivity contribution is -0.148. The van der Waals surface area contributed by atoms with Crippen LogP contribution in [-0.4, -0.2) is 46.7 Å². The minimum absolute atomic E-state index is 0.242. The zero-order valence-electron chi connectivity index (χ0n) is 18.9. The first kappa shape index (κ1) is 26.8. The van der Waals surface area contributed by atoms with Crippen LogP contribution in [0.3, 0.4) is 0 Å². The highest BCUT2D eigenvalue weighted by Crippen LogP contribution is 2.24. The Kier molecular flexibility index (Phi) is 15.5. The molecule has 0 aromatic heterocycles. The highest BCUT2D eigenvalue weighted by molar-refractivity contribution is 5.89. The van der Waals surface area contributed by atoms with E-state index in [2.05, 4.69) is 6.92 Å². The van der Waals surface area contributed by atoms with E-state index in [4.69, 9.17) is 14.6 Å². The number of carbonyl (C=O) groups excluding carboxylic acids is 1. The van der Waals surface area contributed by atoms with Crippen LogP contribution in [0.2, 0.25) is 0 Å². The van der Waals surface area contributed by atoms with E-state index in [1.54, 1.807) is 0 Å². The summed E-state index contributed by atoms with van der Waals surface area (Å²) in [5.41, 5.74) is 0. The smallest absolute Gasteiger partial charge is 0.378 e. The molecular weight excluding hydrogens is 384 g/mol. The molecule has 0 bridgehead atoms. The number of hydrogen-bond donors (Lipinski definition) is 3. The number of cyclic esters (lactones) is 1. The number of aliphatic hydroxyl groups excluding tert-OH is 3. The Morgan fingerprint density at radius 2 is 1.27 bits per heavy atom. The summed E-state index contributed by atoms with van der Waals surface area (Å²) in [6.45, 7) is 1.99. The maximum absolute atomic E-state index is 11.7. The minimum atomic E-state index is -1.34. The molecule has 1 heterocycles. The van der Waals surface area contributed by atoms with Crippen LogP contribution in [0.25, 0.3) is 0 Å². The zero-order valence-corrected chi connectivity index (χ0v) is 18.9. The van der Waals surface area contributed by atoms with Gasteiger partial charge in [-0.05, 0) is 6.42 Å². The van der Waals surface area contributed by atoms with Crippen molar-refractivity contribution < 1.29 is 29.6 Å². The van der Waals surface area contributed by atoms with E-state index in [1.165, 1.54) is 83.5 Å². The van der Waals surface area contributed by atoms with Gasteiger partial charge in [0.05, 0.1) is 13.2 Å². The van der Waals surface area contributed by atoms with Gasteiger partial charge in [0.1, 0.15) is 6.10 Å². The van der Waals surface area contributed by atoms with Gasteiger partial charge in [-0.1, -0.05) is 103 Å². The Labute approximate surface area is 182 Å². The maximum Gasteiger partial charge on any atom is 0.378 e. The molecule has 176 valence electrons. The molecule has 0 spiro atoms. The Hall–Kier alpha value is -1.27. The first-order valence-corrected chi connectivity index (χ1v) is 12.2. The van der Waals surface area contributed by atoms with Crippen LogP contribution < -0.4 is 0 Å². The van der Waals surface area contributed by atoms with Crippen molar-refractivity contribution in [2.45, 2.75) is 122 Å². The normalized spacial score (nSPS) is 17.4. The summed E-state index contributed by atoms with van der Waals surface area (Å²) < 4.78 is 10.2. The second-order valence-corrected chi connectivity index (χ2v) is 8.44. The Morgan fingerprint density at radius 1 is 0.833 bits per heavy atom. The van der Waals surface area contributed by atoms with Crippen molar-refractivity contribution in [3.8, 4) is 0 Å². The molecule has 2 atom stereocenters. The third kappa shape index (κ3) is 11.2. The van der Waals surface area contributed by atoms with Gasteiger partial charge in [-0.25, -0.2) is 4.79 Å². The van der Waals surface area contributed by atoms with Crippen molar-refractivity contribution in [3.63, 3.8) is 0 Å². The largest absolute Gasteiger partial charge is 0.505 e. The van der Waals surface area contributed by atoms with Gasteiger partial charge < -0.3 is 24.8 Å². The molecule has 6 nitrogen and oxygen atoms in total. The summed E-state index contributed by atoms with van der Waals surface area (Å²) in [6, 6.07) is 0. The molecule has 1 aliphatic heterocycles. The molecule has 0 saturated carbocycles. The van der Waals surface area contributed by atoms with Gasteiger partial charge in [0.25, 0.3) is 0 Å². The van der Waals surface area contributed by atoms with E-state index in [1.807, 2.05) is 0 Å². The monoisotopic (exact) mass is 428 g/mol. The number of carbonyl (C=O) groups is 1. The molecular formula is C24H44O6. The van der Waals surface area contributed by atoms with Gasteiger partial charge in [-0.2, -0.15) is 0 Å². The summed E-state index contributed by atoms with van der Waals surface area (Å²) in [7, 11) is 0. The fourth-order valence-electron chi connectivity index (χ4n) is 3.77. The van der Waals surface area contributed by atoms with Gasteiger partial charge in [-0.3, -0.25) is 0 Å². The minimum Gasteiger partial charge on any atom is -0.505 e. The molecule has 0 radical (unpaired) electrons. The van der Waals surface area contributed by atoms with E-state index in [9.17, 15) is 15.0 Å². The summed E-state index contributed by atoms with van der Waals surface area (Å²) >= 11 is 0. The topological polar surface area (TPSA) is 96.2 Å². The van der Waals surface area contributed by atoms with Crippen LogP contribution in [0.1, 0.15) is 110 Å². The Balaban J connectivity index is 1.89. The van der Waals surface area contributed by atoms with Crippen molar-refractivity contribution in [3.05, 3.63) is 11.5 Å². The fraction of sp³-hybridized carbons (Fsp3) is 0.875. The number of aliphatic hydroxyl groups is 3. The highest BCUT2D eigenvalue weighted by atomic mass is 16.6. The second kappa shape index (κ2) is 17.4. The summed E-state index contributed by atoms with van der Waals surface area (Å²) in [5.74, 6) is -1.46. The second-order valence-electron chi connectivity index (χ2n) is 8.44. The molecule has 0 aromatic carbocycles. The average Bonchev–Trinajstić information content (AvgIpc) is 3.03. The molecule has 6 heteroatoms. The predicted molar refractivity (Wildman–Crippen MR) is 118 cm³/mol. The number of esters is 1. The Morgan fingerprint density at radius 3 is 1.70 bits per heavy atom. The average molecular weight is 429 g/mol. The highest BCUT2D eigenvalue weighted by Gasteiger charge is 2.40. The zero-order chi connectivity index (χ0) is 22.0. The quantitative estimate of drug-likeness (QED) is 0.180. The number of unbranched alkanes of at least 4 members (excludes halogenated alkanes) is 15. The van der Waals surface area contributed by atoms with Gasteiger partial charge >= 0.3 is 5.97 Å². The van der Waals surface area contributed by atoms with Crippen molar-refractivity contribution in [1.82, 2.24) is 0 Å². The fourth-order valence-corrected chi connectivity index (χ4v) is 3.77. The molecule has 2 unspecified atom stereocenters. The number of ether oxygens (including phenoxy) is 2. The van der Waals surface area contributed by atoms with Crippen LogP contribution in [-0.2, 0) is 14.3 Å². The molecule has 30 heavy (non-hydrogen) atoms. The van der Waals surface area contributed by atoms with Gasteiger partial charge in [0, 0.05) is 0 Å². The molecule has 0 saturated heterocycles. The SMILES string of the molecule is CCCCCCCCCCCCCCCCCCOC1=C(O)C(C(O)CO)OC1=O. The molecule has 0 aromatic rings. The van der Waals surface area contributed by atoms with E-state index < -0.39 is 30.5 Å². The van der Waals surface area contributed by atoms with Crippen LogP contribution in [0.15, 0.2) is 11.5 Å². The van der Waals surface area contributed by atoms with Crippen LogP contribution in [0, 0.1) is 0 Å². The number of hydrogen-bond acceptors (Lipinski definition) is 6. The third-order valence-electron chi connectivity index (χ3n) is 5.70. The lowest BCUT2D eigenvalue weighted by Gasteiger charge is -2.13. The van der Waals surface area contributed by atoms with E-state index >= 15 is 0 Å². The van der Waals surface area contributed by atoms with Gasteiger partial charge in [-0.15, -0.1) is 0 Å². The van der Waals surface area contributed by atoms with E-state index in [0.29, 0.717) is 6.61 Å². The molecule has 0 fully saturated rings. The molecule has 1 rings (SSSR count). The molecule has 1 aliphatic rings. The van der Waals surface area contributed by atoms with Crippen molar-refractivity contribution in [2.75, 3.05) is 13.2 Å². The first-order chi connectivity index (χ1) is 14.6. The number of rotatable bonds is 20. The van der Waals surface area contributed by atoms with E-state index in [-0.39, 0.29) is 5.76 Å². The van der Waals surface area contributed by atoms with Crippen LogP contribution in [0.4, 0.5) is 0 Å². The standard InChI is InChI=1S/C24H44O6/c1-2-3-4-5-6-7-8-9-10-11-12-13-14-15-16-17-18-29-23-21(27)22(20(26)19-25)30-24(23)28/h20,22,25-27H,2-19H2,1H3. The Bertz CT molecular complexity index is 476. The van der Waals surface area contributed by atoms with Crippen LogP contribution in [0.5, 0.6) is 0 Å². The molecule has 0 amide bonds.